The van der Waals surface area contributed by atoms with E-state index in [4.69, 9.17) is 5.73 Å². The number of hydrogen-bond acceptors (Lipinski definition) is 2. The van der Waals surface area contributed by atoms with Crippen molar-refractivity contribution in [3.8, 4) is 0 Å². The number of pyridine rings is 1. The van der Waals surface area contributed by atoms with E-state index in [9.17, 15) is 18.0 Å². The largest absolute Gasteiger partial charge is 0.431 e. The molecule has 0 aliphatic heterocycles. The van der Waals surface area contributed by atoms with Crippen LogP contribution in [0, 0.1) is 0 Å². The molecule has 1 heterocycles. The molecule has 0 amide bonds. The molecule has 0 aliphatic carbocycles. The number of nitrogens with zero attached hydrogens (tertiary/aromatic N) is 1. The summed E-state index contributed by atoms with van der Waals surface area (Å²) in [6.07, 6.45) is -4.55. The summed E-state index contributed by atoms with van der Waals surface area (Å²) in [5, 5.41) is 0. The van der Waals surface area contributed by atoms with Gasteiger partial charge in [-0.25, -0.2) is 0 Å². The topological polar surface area (TPSA) is 48.0 Å². The number of rotatable bonds is 1. The zero-order valence-corrected chi connectivity index (χ0v) is 7.43. The lowest BCUT2D eigenvalue weighted by Crippen LogP contribution is -2.27. The summed E-state index contributed by atoms with van der Waals surface area (Å²) in [7, 11) is 0. The van der Waals surface area contributed by atoms with Gasteiger partial charge < -0.3 is 10.3 Å². The van der Waals surface area contributed by atoms with Crippen LogP contribution in [-0.4, -0.2) is 4.57 Å². The van der Waals surface area contributed by atoms with Crippen molar-refractivity contribution in [1.82, 2.24) is 4.57 Å². The first-order valence-corrected chi connectivity index (χ1v) is 3.93. The standard InChI is InChI=1S/C8H9F3N2O/c1-2-13-6(8(9,10)11)3-5(12)4-7(13)14/h3-4H,2,12H2,1H3. The highest BCUT2D eigenvalue weighted by Gasteiger charge is 2.34. The van der Waals surface area contributed by atoms with Crippen LogP contribution >= 0.6 is 0 Å². The van der Waals surface area contributed by atoms with Gasteiger partial charge in [0.2, 0.25) is 0 Å². The minimum atomic E-state index is -4.55. The van der Waals surface area contributed by atoms with Crippen molar-refractivity contribution in [1.29, 1.82) is 0 Å². The average Bonchev–Trinajstić information content (AvgIpc) is 2.01. The summed E-state index contributed by atoms with van der Waals surface area (Å²) in [5.74, 6) is 0. The van der Waals surface area contributed by atoms with Gasteiger partial charge in [0.15, 0.2) is 0 Å². The molecule has 78 valence electrons. The molecule has 0 radical (unpaired) electrons. The summed E-state index contributed by atoms with van der Waals surface area (Å²) in [6.45, 7) is 1.43. The predicted molar refractivity (Wildman–Crippen MR) is 45.8 cm³/mol. The summed E-state index contributed by atoms with van der Waals surface area (Å²) in [6, 6.07) is 1.73. The smallest absolute Gasteiger partial charge is 0.399 e. The first-order chi connectivity index (χ1) is 6.36. The third-order valence-corrected chi connectivity index (χ3v) is 1.76. The molecule has 1 rings (SSSR count). The van der Waals surface area contributed by atoms with E-state index in [1.165, 1.54) is 6.92 Å². The molecule has 0 spiro atoms. The van der Waals surface area contributed by atoms with Crippen LogP contribution in [0.3, 0.4) is 0 Å². The van der Waals surface area contributed by atoms with Crippen LogP contribution in [0.4, 0.5) is 18.9 Å². The minimum Gasteiger partial charge on any atom is -0.399 e. The van der Waals surface area contributed by atoms with Gasteiger partial charge in [-0.1, -0.05) is 0 Å². The van der Waals surface area contributed by atoms with Gasteiger partial charge in [-0.15, -0.1) is 0 Å². The highest BCUT2D eigenvalue weighted by Crippen LogP contribution is 2.29. The average molecular weight is 206 g/mol. The third-order valence-electron chi connectivity index (χ3n) is 1.76. The first kappa shape index (κ1) is 10.6. The molecule has 6 heteroatoms. The minimum absolute atomic E-state index is 0.0338. The highest BCUT2D eigenvalue weighted by molar-refractivity contribution is 5.38. The molecule has 0 unspecified atom stereocenters. The van der Waals surface area contributed by atoms with Crippen molar-refractivity contribution in [2.24, 2.45) is 0 Å². The van der Waals surface area contributed by atoms with Crippen molar-refractivity contribution < 1.29 is 13.2 Å². The van der Waals surface area contributed by atoms with Crippen LogP contribution in [0.1, 0.15) is 12.6 Å². The van der Waals surface area contributed by atoms with Gasteiger partial charge >= 0.3 is 6.18 Å². The van der Waals surface area contributed by atoms with Crippen LogP contribution in [0.15, 0.2) is 16.9 Å². The maximum absolute atomic E-state index is 12.4. The molecule has 1 aromatic rings. The van der Waals surface area contributed by atoms with Crippen molar-refractivity contribution in [3.63, 3.8) is 0 Å². The van der Waals surface area contributed by atoms with E-state index >= 15 is 0 Å². The lowest BCUT2D eigenvalue weighted by atomic mass is 10.3. The molecule has 0 saturated heterocycles. The second-order valence-electron chi connectivity index (χ2n) is 2.75. The van der Waals surface area contributed by atoms with Crippen molar-refractivity contribution in [2.75, 3.05) is 5.73 Å². The predicted octanol–water partition coefficient (Wildman–Crippen LogP) is 1.47. The number of alkyl halides is 3. The third kappa shape index (κ3) is 1.89. The fourth-order valence-corrected chi connectivity index (χ4v) is 1.18. The normalized spacial score (nSPS) is 11.7. The Morgan fingerprint density at radius 2 is 2.00 bits per heavy atom. The Morgan fingerprint density at radius 1 is 1.43 bits per heavy atom. The maximum atomic E-state index is 12.4. The van der Waals surface area contributed by atoms with Crippen LogP contribution in [0.2, 0.25) is 0 Å². The van der Waals surface area contributed by atoms with Crippen molar-refractivity contribution in [2.45, 2.75) is 19.6 Å². The first-order valence-electron chi connectivity index (χ1n) is 3.93. The molecule has 2 N–H and O–H groups in total. The fourth-order valence-electron chi connectivity index (χ4n) is 1.18. The Morgan fingerprint density at radius 3 is 2.43 bits per heavy atom. The number of aromatic nitrogens is 1. The lowest BCUT2D eigenvalue weighted by Gasteiger charge is -2.13. The van der Waals surface area contributed by atoms with Crippen LogP contribution in [0.5, 0.6) is 0 Å². The van der Waals surface area contributed by atoms with Crippen LogP contribution in [-0.2, 0) is 12.7 Å². The second-order valence-corrected chi connectivity index (χ2v) is 2.75. The monoisotopic (exact) mass is 206 g/mol. The molecule has 0 fully saturated rings. The van der Waals surface area contributed by atoms with E-state index in [1.807, 2.05) is 0 Å². The summed E-state index contributed by atoms with van der Waals surface area (Å²) in [4.78, 5) is 11.1. The van der Waals surface area contributed by atoms with Gasteiger partial charge in [-0.3, -0.25) is 4.79 Å². The van der Waals surface area contributed by atoms with E-state index < -0.39 is 17.4 Å². The van der Waals surface area contributed by atoms with E-state index in [0.29, 0.717) is 4.57 Å². The molecule has 0 aromatic carbocycles. The maximum Gasteiger partial charge on any atom is 0.431 e. The Labute approximate surface area is 78.0 Å². The Bertz CT molecular complexity index is 395. The summed E-state index contributed by atoms with van der Waals surface area (Å²) >= 11 is 0. The Hall–Kier alpha value is -1.46. The van der Waals surface area contributed by atoms with Gasteiger partial charge in [0, 0.05) is 18.3 Å². The molecule has 0 aliphatic rings. The summed E-state index contributed by atoms with van der Waals surface area (Å²) in [5.41, 5.74) is 3.25. The number of anilines is 1. The van der Waals surface area contributed by atoms with Gasteiger partial charge in [0.25, 0.3) is 5.56 Å². The van der Waals surface area contributed by atoms with E-state index in [2.05, 4.69) is 0 Å². The second kappa shape index (κ2) is 3.36. The molecule has 3 nitrogen and oxygen atoms in total. The van der Waals surface area contributed by atoms with Crippen molar-refractivity contribution >= 4 is 5.69 Å². The quantitative estimate of drug-likeness (QED) is 0.756. The fraction of sp³-hybridized carbons (Fsp3) is 0.375. The summed E-state index contributed by atoms with van der Waals surface area (Å²) < 4.78 is 37.8. The molecule has 0 bridgehead atoms. The number of nitrogens with two attached hydrogens (primary N) is 1. The van der Waals surface area contributed by atoms with Gasteiger partial charge in [0.1, 0.15) is 5.69 Å². The number of halogens is 3. The van der Waals surface area contributed by atoms with E-state index in [0.717, 1.165) is 12.1 Å². The van der Waals surface area contributed by atoms with Gasteiger partial charge in [-0.05, 0) is 13.0 Å². The van der Waals surface area contributed by atoms with Gasteiger partial charge in [0.05, 0.1) is 0 Å². The van der Waals surface area contributed by atoms with Crippen LogP contribution < -0.4 is 11.3 Å². The number of hydrogen-bond donors (Lipinski definition) is 1. The lowest BCUT2D eigenvalue weighted by molar-refractivity contribution is -0.144. The van der Waals surface area contributed by atoms with Crippen molar-refractivity contribution in [3.05, 3.63) is 28.2 Å². The Balaban J connectivity index is 3.48. The van der Waals surface area contributed by atoms with Gasteiger partial charge in [-0.2, -0.15) is 13.2 Å². The zero-order valence-electron chi connectivity index (χ0n) is 7.43. The molecular formula is C8H9F3N2O. The highest BCUT2D eigenvalue weighted by atomic mass is 19.4. The van der Waals surface area contributed by atoms with E-state index in [-0.39, 0.29) is 12.2 Å². The molecule has 1 aromatic heterocycles. The molecular weight excluding hydrogens is 197 g/mol. The Kier molecular flexibility index (Phi) is 2.55. The zero-order chi connectivity index (χ0) is 10.9. The van der Waals surface area contributed by atoms with Crippen LogP contribution in [0.25, 0.3) is 0 Å². The van der Waals surface area contributed by atoms with E-state index in [1.54, 1.807) is 0 Å². The molecule has 0 atom stereocenters. The molecule has 0 saturated carbocycles. The molecule has 14 heavy (non-hydrogen) atoms. The number of nitrogen functional groups attached to an aromatic ring is 1. The SMILES string of the molecule is CCn1c(C(F)(F)F)cc(N)cc1=O.